The van der Waals surface area contributed by atoms with Gasteiger partial charge < -0.3 is 5.11 Å². The van der Waals surface area contributed by atoms with Crippen molar-refractivity contribution < 1.29 is 26.8 Å². The molecule has 1 nitrogen and oxygen atoms in total. The molecule has 0 heterocycles. The molecule has 0 saturated carbocycles. The largest absolute Gasteiger partial charge is 0.508 e. The summed E-state index contributed by atoms with van der Waals surface area (Å²) in [5, 5.41) is 8.99. The Balaban J connectivity index is -0.000000270. The van der Waals surface area contributed by atoms with E-state index in [9.17, 15) is 0 Å². The average molecular weight is 364 g/mol. The van der Waals surface area contributed by atoms with E-state index in [-0.39, 0.29) is 46.5 Å². The maximum atomic E-state index is 8.99. The van der Waals surface area contributed by atoms with Gasteiger partial charge in [-0.25, -0.2) is 5.57 Å². The Bertz CT molecular complexity index is 457. The fraction of sp³-hybridized carbons (Fsp3) is 0.412. The van der Waals surface area contributed by atoms with Crippen LogP contribution in [-0.2, 0) is 21.7 Å². The van der Waals surface area contributed by atoms with Crippen LogP contribution < -0.4 is 0 Å². The maximum absolute atomic E-state index is 8.99. The van der Waals surface area contributed by atoms with E-state index in [1.54, 1.807) is 12.1 Å². The number of phenols is 1. The van der Waals surface area contributed by atoms with Gasteiger partial charge in [0.1, 0.15) is 5.75 Å². The van der Waals surface area contributed by atoms with E-state index in [1.165, 1.54) is 16.7 Å². The second-order valence-corrected chi connectivity index (χ2v) is 5.14. The Kier molecular flexibility index (Phi) is 13.9. The fourth-order valence-electron chi connectivity index (χ4n) is 2.11. The Morgan fingerprint density at radius 3 is 1.52 bits per heavy atom. The first kappa shape index (κ1) is 25.7. The molecule has 0 saturated heterocycles. The molecule has 0 amide bonds. The first-order valence-corrected chi connectivity index (χ1v) is 6.36. The Hall–Kier alpha value is -0.206. The van der Waals surface area contributed by atoms with Gasteiger partial charge in [-0.15, -0.1) is 31.7 Å². The van der Waals surface area contributed by atoms with Gasteiger partial charge in [-0.1, -0.05) is 32.8 Å². The van der Waals surface area contributed by atoms with Crippen LogP contribution in [0.2, 0.25) is 0 Å². The molecule has 4 heteroatoms. The van der Waals surface area contributed by atoms with Crippen molar-refractivity contribution in [1.82, 2.24) is 0 Å². The molecule has 2 rings (SSSR count). The number of hydrogen-bond acceptors (Lipinski definition) is 1. The van der Waals surface area contributed by atoms with Crippen molar-refractivity contribution in [1.29, 1.82) is 0 Å². The van der Waals surface area contributed by atoms with Gasteiger partial charge in [0, 0.05) is 21.7 Å². The summed E-state index contributed by atoms with van der Waals surface area (Å²) in [4.78, 5) is 0. The van der Waals surface area contributed by atoms with Crippen LogP contribution in [0, 0.1) is 25.8 Å². The number of halogens is 2. The number of benzene rings is 1. The normalized spacial score (nSPS) is 15.7. The van der Waals surface area contributed by atoms with Crippen LogP contribution in [-0.4, -0.2) is 5.11 Å². The molecular weight excluding hydrogens is 339 g/mol. The summed E-state index contributed by atoms with van der Waals surface area (Å²) >= 11 is 0. The molecule has 0 spiro atoms. The monoisotopic (exact) mass is 363 g/mol. The van der Waals surface area contributed by atoms with E-state index in [1.807, 2.05) is 19.9 Å². The molecule has 118 valence electrons. The van der Waals surface area contributed by atoms with Gasteiger partial charge in [-0.05, 0) is 37.1 Å². The van der Waals surface area contributed by atoms with Crippen molar-refractivity contribution in [3.05, 3.63) is 52.1 Å². The minimum Gasteiger partial charge on any atom is -0.508 e. The van der Waals surface area contributed by atoms with Crippen molar-refractivity contribution in [3.63, 3.8) is 0 Å². The molecule has 1 N–H and O–H groups in total. The third kappa shape index (κ3) is 8.11. The molecule has 1 aromatic rings. The Morgan fingerprint density at radius 2 is 1.33 bits per heavy atom. The van der Waals surface area contributed by atoms with Crippen molar-refractivity contribution >= 4 is 24.8 Å². The zero-order chi connectivity index (χ0) is 13.9. The first-order valence-electron chi connectivity index (χ1n) is 6.36. The summed E-state index contributed by atoms with van der Waals surface area (Å²) in [7, 11) is 0. The van der Waals surface area contributed by atoms with Gasteiger partial charge in [-0.2, -0.15) is 11.1 Å². The van der Waals surface area contributed by atoms with Crippen molar-refractivity contribution in [3.8, 4) is 5.75 Å². The summed E-state index contributed by atoms with van der Waals surface area (Å²) in [6.07, 6.45) is 3.36. The molecule has 1 atom stereocenters. The zero-order valence-corrected chi connectivity index (χ0v) is 16.8. The molecule has 0 radical (unpaired) electrons. The fourth-order valence-corrected chi connectivity index (χ4v) is 2.11. The second kappa shape index (κ2) is 11.4. The topological polar surface area (TPSA) is 20.2 Å². The molecule has 1 aromatic carbocycles. The molecule has 0 fully saturated rings. The van der Waals surface area contributed by atoms with Crippen LogP contribution in [0.1, 0.15) is 38.8 Å². The van der Waals surface area contributed by atoms with Crippen LogP contribution in [0.5, 0.6) is 5.75 Å². The van der Waals surface area contributed by atoms with E-state index >= 15 is 0 Å². The van der Waals surface area contributed by atoms with Crippen LogP contribution >= 0.6 is 24.8 Å². The Morgan fingerprint density at radius 1 is 0.905 bits per heavy atom. The van der Waals surface area contributed by atoms with Crippen LogP contribution in [0.4, 0.5) is 0 Å². The second-order valence-electron chi connectivity index (χ2n) is 5.14. The number of allylic oxidation sites excluding steroid dienone is 4. The molecule has 0 aromatic heterocycles. The van der Waals surface area contributed by atoms with Crippen LogP contribution in [0.15, 0.2) is 34.9 Å². The summed E-state index contributed by atoms with van der Waals surface area (Å²) in [6.45, 7) is 12.6. The maximum Gasteiger partial charge on any atom is 0.116 e. The van der Waals surface area contributed by atoms with Gasteiger partial charge in [0.2, 0.25) is 0 Å². The predicted molar refractivity (Wildman–Crippen MR) is 92.0 cm³/mol. The van der Waals surface area contributed by atoms with Crippen molar-refractivity contribution in [2.75, 3.05) is 0 Å². The third-order valence-corrected chi connectivity index (χ3v) is 3.44. The van der Waals surface area contributed by atoms with Gasteiger partial charge in [0.15, 0.2) is 0 Å². The summed E-state index contributed by atoms with van der Waals surface area (Å²) in [5.41, 5.74) is 6.45. The van der Waals surface area contributed by atoms with Gasteiger partial charge >= 0.3 is 0 Å². The Labute approximate surface area is 156 Å². The number of hydrogen-bond donors (Lipinski definition) is 1. The smallest absolute Gasteiger partial charge is 0.116 e. The van der Waals surface area contributed by atoms with Gasteiger partial charge in [0.05, 0.1) is 0 Å². The quantitative estimate of drug-likeness (QED) is 0.471. The summed E-state index contributed by atoms with van der Waals surface area (Å²) < 4.78 is 0. The summed E-state index contributed by atoms with van der Waals surface area (Å²) in [5.74, 6) is 0.914. The molecule has 1 aliphatic carbocycles. The zero-order valence-electron chi connectivity index (χ0n) is 13.6. The minimum atomic E-state index is 0. The standard InChI is InChI=1S/C9H13.C8H10O.2ClH.Ti/c1-6-5-7(2)9(4)8(6)3;1-6-3-7(2)5-8(9)4-6;;;/h6H,1-4H3;3-5,9H,1-2H3;2*1H;/q-1;;;;. The third-order valence-electron chi connectivity index (χ3n) is 3.44. The number of phenolic OH excluding ortho intramolecular Hbond substituents is 1. The van der Waals surface area contributed by atoms with Gasteiger partial charge in [0.25, 0.3) is 0 Å². The molecular formula is C17H25Cl2OTi-. The molecule has 1 aliphatic rings. The summed E-state index contributed by atoms with van der Waals surface area (Å²) in [6, 6.07) is 5.51. The van der Waals surface area contributed by atoms with Crippen LogP contribution in [0.3, 0.4) is 0 Å². The molecule has 21 heavy (non-hydrogen) atoms. The molecule has 0 bridgehead atoms. The minimum absolute atomic E-state index is 0. The van der Waals surface area contributed by atoms with Crippen LogP contribution in [0.25, 0.3) is 0 Å². The molecule has 1 unspecified atom stereocenters. The van der Waals surface area contributed by atoms with Crippen molar-refractivity contribution in [2.24, 2.45) is 5.92 Å². The van der Waals surface area contributed by atoms with Crippen molar-refractivity contribution in [2.45, 2.75) is 41.5 Å². The average Bonchev–Trinajstić information content (AvgIpc) is 2.44. The number of aryl methyl sites for hydroxylation is 2. The van der Waals surface area contributed by atoms with E-state index < -0.39 is 0 Å². The van der Waals surface area contributed by atoms with E-state index in [0.717, 1.165) is 11.1 Å². The number of aromatic hydroxyl groups is 1. The molecule has 0 aliphatic heterocycles. The predicted octanol–water partition coefficient (Wildman–Crippen LogP) is 5.57. The van der Waals surface area contributed by atoms with E-state index in [4.69, 9.17) is 5.11 Å². The SMILES string of the molecule is CC1=[C-]C(C)C(C)=C1C.Cc1cc(C)cc(O)c1.Cl.Cl.[Ti]. The van der Waals surface area contributed by atoms with E-state index in [2.05, 4.69) is 33.8 Å². The number of rotatable bonds is 0. The van der Waals surface area contributed by atoms with Gasteiger partial charge in [-0.3, -0.25) is 6.08 Å². The first-order chi connectivity index (χ1) is 8.31. The van der Waals surface area contributed by atoms with E-state index in [0.29, 0.717) is 11.7 Å².